The van der Waals surface area contributed by atoms with Crippen LogP contribution < -0.4 is 15.8 Å². The van der Waals surface area contributed by atoms with E-state index >= 15 is 0 Å². The Labute approximate surface area is 123 Å². The third-order valence-electron chi connectivity index (χ3n) is 2.79. The van der Waals surface area contributed by atoms with Gasteiger partial charge in [0.1, 0.15) is 11.3 Å². The Morgan fingerprint density at radius 1 is 1.29 bits per heavy atom. The van der Waals surface area contributed by atoms with E-state index in [1.165, 1.54) is 0 Å². The fraction of sp³-hybridized carbons (Fsp3) is 0.267. The number of nitrogens with zero attached hydrogens (tertiary/aromatic N) is 2. The van der Waals surface area contributed by atoms with Gasteiger partial charge in [-0.15, -0.1) is 0 Å². The van der Waals surface area contributed by atoms with Gasteiger partial charge in [0.15, 0.2) is 0 Å². The fourth-order valence-corrected chi connectivity index (χ4v) is 2.01. The summed E-state index contributed by atoms with van der Waals surface area (Å²) in [5.74, 6) is 0.309. The molecule has 0 atom stereocenters. The molecule has 6 nitrogen and oxygen atoms in total. The van der Waals surface area contributed by atoms with E-state index in [0.29, 0.717) is 23.6 Å². The van der Waals surface area contributed by atoms with Crippen molar-refractivity contribution in [2.45, 2.75) is 20.8 Å². The van der Waals surface area contributed by atoms with Gasteiger partial charge in [-0.1, -0.05) is 6.07 Å². The van der Waals surface area contributed by atoms with Crippen molar-refractivity contribution in [3.05, 3.63) is 41.2 Å². The molecule has 0 aliphatic heterocycles. The van der Waals surface area contributed by atoms with Crippen LogP contribution in [0.15, 0.2) is 24.3 Å². The van der Waals surface area contributed by atoms with Crippen molar-refractivity contribution in [2.24, 2.45) is 0 Å². The molecular weight excluding hydrogens is 268 g/mol. The molecule has 2 aromatic rings. The van der Waals surface area contributed by atoms with Crippen LogP contribution in [0.25, 0.3) is 0 Å². The quantitative estimate of drug-likeness (QED) is 0.842. The Bertz CT molecular complexity index is 650. The number of aromatic nitrogens is 2. The first-order chi connectivity index (χ1) is 10.0. The summed E-state index contributed by atoms with van der Waals surface area (Å²) in [6, 6.07) is 6.93. The van der Waals surface area contributed by atoms with Gasteiger partial charge in [0.2, 0.25) is 5.95 Å². The number of rotatable bonds is 4. The first-order valence-electron chi connectivity index (χ1n) is 6.66. The highest BCUT2D eigenvalue weighted by Gasteiger charge is 2.17. The van der Waals surface area contributed by atoms with Gasteiger partial charge in [-0.25, -0.2) is 9.97 Å². The number of nitrogen functional groups attached to an aromatic ring is 1. The number of anilines is 2. The van der Waals surface area contributed by atoms with E-state index in [9.17, 15) is 4.79 Å². The summed E-state index contributed by atoms with van der Waals surface area (Å²) >= 11 is 0. The van der Waals surface area contributed by atoms with Crippen LogP contribution in [-0.2, 0) is 0 Å². The van der Waals surface area contributed by atoms with Crippen LogP contribution in [0.5, 0.6) is 5.75 Å². The van der Waals surface area contributed by atoms with Crippen LogP contribution in [0, 0.1) is 13.8 Å². The number of nitrogens with two attached hydrogens (primary N) is 1. The normalized spacial score (nSPS) is 10.2. The van der Waals surface area contributed by atoms with E-state index in [4.69, 9.17) is 10.5 Å². The molecule has 0 bridgehead atoms. The monoisotopic (exact) mass is 286 g/mol. The van der Waals surface area contributed by atoms with Gasteiger partial charge in [-0.05, 0) is 39.0 Å². The molecule has 0 aliphatic rings. The zero-order valence-electron chi connectivity index (χ0n) is 12.3. The molecule has 1 amide bonds. The minimum atomic E-state index is -0.387. The second kappa shape index (κ2) is 6.21. The predicted molar refractivity (Wildman–Crippen MR) is 81.5 cm³/mol. The lowest BCUT2D eigenvalue weighted by Crippen LogP contribution is -2.18. The minimum Gasteiger partial charge on any atom is -0.493 e. The van der Waals surface area contributed by atoms with Crippen LogP contribution in [0.3, 0.4) is 0 Å². The molecule has 0 aliphatic carbocycles. The number of hydrogen-bond acceptors (Lipinski definition) is 5. The smallest absolute Gasteiger partial charge is 0.263 e. The lowest BCUT2D eigenvalue weighted by Gasteiger charge is -2.12. The molecule has 1 heterocycles. The van der Waals surface area contributed by atoms with Crippen molar-refractivity contribution in [1.29, 1.82) is 0 Å². The summed E-state index contributed by atoms with van der Waals surface area (Å²) in [5, 5.41) is 2.66. The third kappa shape index (κ3) is 3.47. The molecule has 21 heavy (non-hydrogen) atoms. The molecule has 0 radical (unpaired) electrons. The second-order valence-corrected chi connectivity index (χ2v) is 4.58. The Morgan fingerprint density at radius 2 is 1.95 bits per heavy atom. The highest BCUT2D eigenvalue weighted by molar-refractivity contribution is 6.09. The molecule has 1 aromatic carbocycles. The van der Waals surface area contributed by atoms with Crippen molar-refractivity contribution in [1.82, 2.24) is 9.97 Å². The highest BCUT2D eigenvalue weighted by atomic mass is 16.5. The Hall–Kier alpha value is -2.63. The topological polar surface area (TPSA) is 90.1 Å². The number of carbonyl (C=O) groups excluding carboxylic acids is 1. The summed E-state index contributed by atoms with van der Waals surface area (Å²) in [5.41, 5.74) is 8.09. The predicted octanol–water partition coefficient (Wildman–Crippen LogP) is 2.33. The second-order valence-electron chi connectivity index (χ2n) is 4.58. The first-order valence-corrected chi connectivity index (χ1v) is 6.66. The van der Waals surface area contributed by atoms with Gasteiger partial charge in [-0.2, -0.15) is 0 Å². The molecule has 110 valence electrons. The number of carbonyl (C=O) groups is 1. The van der Waals surface area contributed by atoms with E-state index in [1.807, 2.05) is 26.8 Å². The van der Waals surface area contributed by atoms with E-state index in [2.05, 4.69) is 15.3 Å². The fourth-order valence-electron chi connectivity index (χ4n) is 2.01. The third-order valence-corrected chi connectivity index (χ3v) is 2.79. The van der Waals surface area contributed by atoms with Crippen molar-refractivity contribution < 1.29 is 9.53 Å². The summed E-state index contributed by atoms with van der Waals surface area (Å²) in [6.45, 7) is 5.97. The summed E-state index contributed by atoms with van der Waals surface area (Å²) in [4.78, 5) is 20.8. The summed E-state index contributed by atoms with van der Waals surface area (Å²) in [7, 11) is 0. The van der Waals surface area contributed by atoms with E-state index in [0.717, 1.165) is 11.4 Å². The van der Waals surface area contributed by atoms with Gasteiger partial charge in [0.25, 0.3) is 5.91 Å². The molecule has 0 saturated carbocycles. The molecule has 3 N–H and O–H groups in total. The maximum Gasteiger partial charge on any atom is 0.263 e. The molecule has 6 heteroatoms. The van der Waals surface area contributed by atoms with E-state index in [-0.39, 0.29) is 11.9 Å². The van der Waals surface area contributed by atoms with Crippen molar-refractivity contribution >= 4 is 17.5 Å². The Balaban J connectivity index is 2.32. The SMILES string of the molecule is CCOc1cccc(N)c1C(=O)Nc1nc(C)cc(C)n1. The number of amides is 1. The summed E-state index contributed by atoms with van der Waals surface area (Å²) in [6.07, 6.45) is 0. The number of ether oxygens (including phenoxy) is 1. The molecule has 0 spiro atoms. The molecule has 2 rings (SSSR count). The van der Waals surface area contributed by atoms with Crippen molar-refractivity contribution in [3.63, 3.8) is 0 Å². The molecule has 0 unspecified atom stereocenters. The number of nitrogens with one attached hydrogen (secondary N) is 1. The van der Waals surface area contributed by atoms with Crippen molar-refractivity contribution in [2.75, 3.05) is 17.7 Å². The van der Waals surface area contributed by atoms with Crippen LogP contribution in [0.1, 0.15) is 28.7 Å². The Kier molecular flexibility index (Phi) is 4.37. The zero-order valence-corrected chi connectivity index (χ0v) is 12.3. The maximum absolute atomic E-state index is 12.4. The van der Waals surface area contributed by atoms with Crippen LogP contribution in [0.2, 0.25) is 0 Å². The lowest BCUT2D eigenvalue weighted by atomic mass is 10.1. The number of benzene rings is 1. The lowest BCUT2D eigenvalue weighted by molar-refractivity contribution is 0.102. The highest BCUT2D eigenvalue weighted by Crippen LogP contribution is 2.25. The Morgan fingerprint density at radius 3 is 2.57 bits per heavy atom. The number of aryl methyl sites for hydroxylation is 2. The van der Waals surface area contributed by atoms with Crippen LogP contribution in [-0.4, -0.2) is 22.5 Å². The summed E-state index contributed by atoms with van der Waals surface area (Å²) < 4.78 is 5.44. The minimum absolute atomic E-state index is 0.253. The standard InChI is InChI=1S/C15H18N4O2/c1-4-21-12-7-5-6-11(16)13(12)14(20)19-15-17-9(2)8-10(3)18-15/h5-8H,4,16H2,1-3H3,(H,17,18,19,20). The molecule has 0 fully saturated rings. The average molecular weight is 286 g/mol. The van der Waals surface area contributed by atoms with Gasteiger partial charge >= 0.3 is 0 Å². The average Bonchev–Trinajstić information content (AvgIpc) is 2.37. The van der Waals surface area contributed by atoms with Gasteiger partial charge < -0.3 is 10.5 Å². The largest absolute Gasteiger partial charge is 0.493 e. The van der Waals surface area contributed by atoms with Crippen molar-refractivity contribution in [3.8, 4) is 5.75 Å². The molecule has 0 saturated heterocycles. The van der Waals surface area contributed by atoms with Gasteiger partial charge in [-0.3, -0.25) is 10.1 Å². The maximum atomic E-state index is 12.4. The van der Waals surface area contributed by atoms with Gasteiger partial charge in [0.05, 0.1) is 6.61 Å². The molecular formula is C15H18N4O2. The zero-order chi connectivity index (χ0) is 15.4. The van der Waals surface area contributed by atoms with Crippen LogP contribution >= 0.6 is 0 Å². The van der Waals surface area contributed by atoms with Gasteiger partial charge in [0, 0.05) is 17.1 Å². The van der Waals surface area contributed by atoms with E-state index < -0.39 is 0 Å². The van der Waals surface area contributed by atoms with Crippen LogP contribution in [0.4, 0.5) is 11.6 Å². The first kappa shape index (κ1) is 14.8. The molecule has 1 aromatic heterocycles. The van der Waals surface area contributed by atoms with E-state index in [1.54, 1.807) is 18.2 Å². The number of hydrogen-bond donors (Lipinski definition) is 2.